The SMILES string of the molecule is CNC(CC1CCCCC1)c1cccc(C)c1Br. The van der Waals surface area contributed by atoms with Crippen molar-refractivity contribution in [1.82, 2.24) is 5.32 Å². The lowest BCUT2D eigenvalue weighted by Gasteiger charge is -2.27. The van der Waals surface area contributed by atoms with Gasteiger partial charge in [-0.1, -0.05) is 66.2 Å². The van der Waals surface area contributed by atoms with Crippen LogP contribution < -0.4 is 5.32 Å². The lowest BCUT2D eigenvalue weighted by Crippen LogP contribution is -2.21. The van der Waals surface area contributed by atoms with Gasteiger partial charge in [0.25, 0.3) is 0 Å². The second-order valence-corrected chi connectivity index (χ2v) is 6.35. The first kappa shape index (κ1) is 14.1. The van der Waals surface area contributed by atoms with Crippen molar-refractivity contribution in [3.63, 3.8) is 0 Å². The molecule has 0 saturated heterocycles. The maximum atomic E-state index is 3.75. The van der Waals surface area contributed by atoms with E-state index < -0.39 is 0 Å². The second-order valence-electron chi connectivity index (χ2n) is 5.56. The molecule has 1 aromatic carbocycles. The van der Waals surface area contributed by atoms with Crippen LogP contribution in [0, 0.1) is 12.8 Å². The number of rotatable bonds is 4. The van der Waals surface area contributed by atoms with E-state index in [-0.39, 0.29) is 0 Å². The summed E-state index contributed by atoms with van der Waals surface area (Å²) in [6.45, 7) is 2.17. The second kappa shape index (κ2) is 6.72. The highest BCUT2D eigenvalue weighted by molar-refractivity contribution is 9.10. The summed E-state index contributed by atoms with van der Waals surface area (Å²) in [5.41, 5.74) is 2.75. The van der Waals surface area contributed by atoms with Gasteiger partial charge in [0.1, 0.15) is 0 Å². The van der Waals surface area contributed by atoms with Crippen molar-refractivity contribution in [3.05, 3.63) is 33.8 Å². The highest BCUT2D eigenvalue weighted by atomic mass is 79.9. The van der Waals surface area contributed by atoms with E-state index in [1.165, 1.54) is 54.1 Å². The zero-order valence-corrected chi connectivity index (χ0v) is 13.1. The monoisotopic (exact) mass is 309 g/mol. The van der Waals surface area contributed by atoms with Crippen molar-refractivity contribution in [3.8, 4) is 0 Å². The first-order chi connectivity index (χ1) is 8.72. The molecule has 0 heterocycles. The maximum absolute atomic E-state index is 3.75. The van der Waals surface area contributed by atoms with E-state index in [1.54, 1.807) is 0 Å². The van der Waals surface area contributed by atoms with Crippen LogP contribution in [0.1, 0.15) is 55.7 Å². The highest BCUT2D eigenvalue weighted by Crippen LogP contribution is 2.34. The topological polar surface area (TPSA) is 12.0 Å². The standard InChI is InChI=1S/C16H24BrN/c1-12-7-6-10-14(16(12)17)15(18-2)11-13-8-4-3-5-9-13/h6-7,10,13,15,18H,3-5,8-9,11H2,1-2H3. The van der Waals surface area contributed by atoms with E-state index >= 15 is 0 Å². The molecule has 1 fully saturated rings. The molecular weight excluding hydrogens is 286 g/mol. The molecule has 1 unspecified atom stereocenters. The number of hydrogen-bond acceptors (Lipinski definition) is 1. The Labute approximate surface area is 119 Å². The number of halogens is 1. The minimum Gasteiger partial charge on any atom is -0.313 e. The van der Waals surface area contributed by atoms with Crippen molar-refractivity contribution in [2.45, 2.75) is 51.5 Å². The zero-order valence-electron chi connectivity index (χ0n) is 11.5. The highest BCUT2D eigenvalue weighted by Gasteiger charge is 2.20. The molecule has 2 rings (SSSR count). The molecule has 1 aliphatic carbocycles. The van der Waals surface area contributed by atoms with Gasteiger partial charge in [-0.05, 0) is 37.4 Å². The van der Waals surface area contributed by atoms with E-state index in [1.807, 2.05) is 0 Å². The largest absolute Gasteiger partial charge is 0.313 e. The molecule has 0 spiro atoms. The summed E-state index contributed by atoms with van der Waals surface area (Å²) >= 11 is 3.75. The summed E-state index contributed by atoms with van der Waals surface area (Å²) in [5, 5.41) is 3.50. The zero-order chi connectivity index (χ0) is 13.0. The summed E-state index contributed by atoms with van der Waals surface area (Å²) in [6, 6.07) is 7.07. The predicted octanol–water partition coefficient (Wildman–Crippen LogP) is 4.99. The first-order valence-corrected chi connectivity index (χ1v) is 7.94. The maximum Gasteiger partial charge on any atom is 0.0331 e. The Bertz CT molecular complexity index is 383. The van der Waals surface area contributed by atoms with E-state index in [0.29, 0.717) is 6.04 Å². The third-order valence-corrected chi connectivity index (χ3v) is 5.32. The Hall–Kier alpha value is -0.340. The molecule has 18 heavy (non-hydrogen) atoms. The minimum absolute atomic E-state index is 0.488. The normalized spacial score (nSPS) is 18.8. The molecule has 1 aromatic rings. The molecule has 1 aliphatic rings. The number of aryl methyl sites for hydroxylation is 1. The van der Waals surface area contributed by atoms with Gasteiger partial charge in [0.05, 0.1) is 0 Å². The van der Waals surface area contributed by atoms with Crippen LogP contribution in [-0.2, 0) is 0 Å². The van der Waals surface area contributed by atoms with Crippen LogP contribution >= 0.6 is 15.9 Å². The summed E-state index contributed by atoms with van der Waals surface area (Å²) < 4.78 is 1.28. The number of hydrogen-bond donors (Lipinski definition) is 1. The Kier molecular flexibility index (Phi) is 5.25. The molecule has 0 aromatic heterocycles. The lowest BCUT2D eigenvalue weighted by atomic mass is 9.83. The fourth-order valence-corrected chi connectivity index (χ4v) is 3.64. The molecule has 1 saturated carbocycles. The van der Waals surface area contributed by atoms with Crippen LogP contribution in [0.25, 0.3) is 0 Å². The van der Waals surface area contributed by atoms with Crippen LogP contribution in [-0.4, -0.2) is 7.05 Å². The van der Waals surface area contributed by atoms with Crippen LogP contribution in [0.4, 0.5) is 0 Å². The summed E-state index contributed by atoms with van der Waals surface area (Å²) in [5.74, 6) is 0.906. The molecule has 0 amide bonds. The minimum atomic E-state index is 0.488. The van der Waals surface area contributed by atoms with Crippen molar-refractivity contribution in [2.75, 3.05) is 7.05 Å². The van der Waals surface area contributed by atoms with Gasteiger partial charge in [-0.2, -0.15) is 0 Å². The van der Waals surface area contributed by atoms with Crippen LogP contribution in [0.15, 0.2) is 22.7 Å². The molecule has 2 heteroatoms. The molecule has 1 nitrogen and oxygen atoms in total. The molecular formula is C16H24BrN. The van der Waals surface area contributed by atoms with Gasteiger partial charge in [-0.3, -0.25) is 0 Å². The third-order valence-electron chi connectivity index (χ3n) is 4.24. The average molecular weight is 310 g/mol. The van der Waals surface area contributed by atoms with Gasteiger partial charge in [0.15, 0.2) is 0 Å². The van der Waals surface area contributed by atoms with Crippen LogP contribution in [0.2, 0.25) is 0 Å². The molecule has 0 aliphatic heterocycles. The Morgan fingerprint density at radius 1 is 1.28 bits per heavy atom. The number of nitrogens with one attached hydrogen (secondary N) is 1. The molecule has 1 N–H and O–H groups in total. The van der Waals surface area contributed by atoms with Crippen molar-refractivity contribution >= 4 is 15.9 Å². The predicted molar refractivity (Wildman–Crippen MR) is 81.9 cm³/mol. The summed E-state index contributed by atoms with van der Waals surface area (Å²) in [6.07, 6.45) is 8.41. The van der Waals surface area contributed by atoms with Gasteiger partial charge in [-0.25, -0.2) is 0 Å². The fraction of sp³-hybridized carbons (Fsp3) is 0.625. The van der Waals surface area contributed by atoms with Crippen LogP contribution in [0.3, 0.4) is 0 Å². The van der Waals surface area contributed by atoms with E-state index in [2.05, 4.69) is 53.4 Å². The number of benzene rings is 1. The van der Waals surface area contributed by atoms with Gasteiger partial charge in [0.2, 0.25) is 0 Å². The van der Waals surface area contributed by atoms with Crippen molar-refractivity contribution in [1.29, 1.82) is 0 Å². The van der Waals surface area contributed by atoms with Gasteiger partial charge < -0.3 is 5.32 Å². The van der Waals surface area contributed by atoms with E-state index in [4.69, 9.17) is 0 Å². The lowest BCUT2D eigenvalue weighted by molar-refractivity contribution is 0.305. The van der Waals surface area contributed by atoms with Gasteiger partial charge in [0, 0.05) is 10.5 Å². The fourth-order valence-electron chi connectivity index (χ4n) is 3.10. The Morgan fingerprint density at radius 2 is 2.00 bits per heavy atom. The van der Waals surface area contributed by atoms with Crippen molar-refractivity contribution in [2.24, 2.45) is 5.92 Å². The van der Waals surface area contributed by atoms with Crippen LogP contribution in [0.5, 0.6) is 0 Å². The van der Waals surface area contributed by atoms with E-state index in [0.717, 1.165) is 5.92 Å². The van der Waals surface area contributed by atoms with Gasteiger partial charge >= 0.3 is 0 Å². The average Bonchev–Trinajstić information content (AvgIpc) is 2.41. The summed E-state index contributed by atoms with van der Waals surface area (Å²) in [7, 11) is 2.09. The van der Waals surface area contributed by atoms with Gasteiger partial charge in [-0.15, -0.1) is 0 Å². The summed E-state index contributed by atoms with van der Waals surface area (Å²) in [4.78, 5) is 0. The van der Waals surface area contributed by atoms with E-state index in [9.17, 15) is 0 Å². The Morgan fingerprint density at radius 3 is 2.67 bits per heavy atom. The Balaban J connectivity index is 2.09. The third kappa shape index (κ3) is 3.36. The smallest absolute Gasteiger partial charge is 0.0331 e. The van der Waals surface area contributed by atoms with Crippen molar-refractivity contribution < 1.29 is 0 Å². The molecule has 1 atom stereocenters. The quantitative estimate of drug-likeness (QED) is 0.826. The molecule has 0 radical (unpaired) electrons. The molecule has 0 bridgehead atoms. The first-order valence-electron chi connectivity index (χ1n) is 7.14. The molecule has 100 valence electrons.